The Morgan fingerprint density at radius 2 is 2.18 bits per heavy atom. The molecule has 0 saturated carbocycles. The number of hydroxylamine groups is 1. The highest BCUT2D eigenvalue weighted by Gasteiger charge is 2.17. The lowest BCUT2D eigenvalue weighted by Gasteiger charge is -2.29. The van der Waals surface area contributed by atoms with Gasteiger partial charge in [0.25, 0.3) is 0 Å². The highest BCUT2D eigenvalue weighted by Crippen LogP contribution is 2.33. The number of hydrogen-bond donors (Lipinski definition) is 1. The predicted molar refractivity (Wildman–Crippen MR) is 69.2 cm³/mol. The van der Waals surface area contributed by atoms with Crippen molar-refractivity contribution in [1.82, 2.24) is 0 Å². The quantitative estimate of drug-likeness (QED) is 0.819. The molecule has 2 rings (SSSR count). The Labute approximate surface area is 102 Å². The smallest absolute Gasteiger partial charge is 0.144 e. The maximum absolute atomic E-state index is 6.12. The molecule has 0 amide bonds. The Hall–Kier alpha value is -1.42. The SMILES string of the molecule is CC(C)Oc1cccc(N2CCCCO2)c1N. The lowest BCUT2D eigenvalue weighted by atomic mass is 10.2. The Morgan fingerprint density at radius 1 is 1.35 bits per heavy atom. The standard InChI is InChI=1S/C13H20N2O2/c1-10(2)17-12-7-5-6-11(13(12)14)15-8-3-4-9-16-15/h5-7,10H,3-4,8-9,14H2,1-2H3. The zero-order chi connectivity index (χ0) is 12.3. The third-order valence-corrected chi connectivity index (χ3v) is 2.68. The van der Waals surface area contributed by atoms with Gasteiger partial charge >= 0.3 is 0 Å². The third-order valence-electron chi connectivity index (χ3n) is 2.68. The normalized spacial score (nSPS) is 16.3. The first-order valence-electron chi connectivity index (χ1n) is 6.14. The van der Waals surface area contributed by atoms with Gasteiger partial charge in [0.05, 0.1) is 18.4 Å². The molecule has 1 heterocycles. The fourth-order valence-corrected chi connectivity index (χ4v) is 1.89. The van der Waals surface area contributed by atoms with Gasteiger partial charge in [0.1, 0.15) is 11.4 Å². The van der Waals surface area contributed by atoms with E-state index in [4.69, 9.17) is 15.3 Å². The summed E-state index contributed by atoms with van der Waals surface area (Å²) in [5, 5.41) is 1.87. The second kappa shape index (κ2) is 5.27. The number of hydrogen-bond acceptors (Lipinski definition) is 4. The van der Waals surface area contributed by atoms with Gasteiger partial charge in [-0.1, -0.05) is 6.07 Å². The first-order valence-corrected chi connectivity index (χ1v) is 6.14. The van der Waals surface area contributed by atoms with Crippen molar-refractivity contribution in [3.8, 4) is 5.75 Å². The molecule has 1 aliphatic rings. The maximum Gasteiger partial charge on any atom is 0.144 e. The molecule has 0 radical (unpaired) electrons. The second-order valence-corrected chi connectivity index (χ2v) is 4.50. The highest BCUT2D eigenvalue weighted by atomic mass is 16.7. The molecule has 0 atom stereocenters. The lowest BCUT2D eigenvalue weighted by Crippen LogP contribution is -2.30. The average molecular weight is 236 g/mol. The minimum atomic E-state index is 0.120. The largest absolute Gasteiger partial charge is 0.489 e. The van der Waals surface area contributed by atoms with Gasteiger partial charge in [0, 0.05) is 6.54 Å². The van der Waals surface area contributed by atoms with Crippen LogP contribution in [-0.2, 0) is 4.84 Å². The van der Waals surface area contributed by atoms with Crippen molar-refractivity contribution in [2.24, 2.45) is 0 Å². The van der Waals surface area contributed by atoms with Crippen LogP contribution >= 0.6 is 0 Å². The van der Waals surface area contributed by atoms with Crippen molar-refractivity contribution in [2.75, 3.05) is 23.9 Å². The van der Waals surface area contributed by atoms with E-state index in [0.717, 1.165) is 37.4 Å². The molecule has 0 bridgehead atoms. The molecule has 0 spiro atoms. The summed E-state index contributed by atoms with van der Waals surface area (Å²) >= 11 is 0. The molecule has 1 fully saturated rings. The van der Waals surface area contributed by atoms with Gasteiger partial charge < -0.3 is 10.5 Å². The van der Waals surface area contributed by atoms with E-state index in [0.29, 0.717) is 5.69 Å². The minimum Gasteiger partial charge on any atom is -0.489 e. The van der Waals surface area contributed by atoms with Gasteiger partial charge in [-0.3, -0.25) is 9.90 Å². The van der Waals surface area contributed by atoms with E-state index in [1.165, 1.54) is 0 Å². The van der Waals surface area contributed by atoms with Crippen molar-refractivity contribution in [1.29, 1.82) is 0 Å². The Bertz CT molecular complexity index is 374. The summed E-state index contributed by atoms with van der Waals surface area (Å²) in [6.45, 7) is 5.62. The van der Waals surface area contributed by atoms with Crippen molar-refractivity contribution in [3.63, 3.8) is 0 Å². The van der Waals surface area contributed by atoms with Gasteiger partial charge in [-0.15, -0.1) is 0 Å². The van der Waals surface area contributed by atoms with Gasteiger partial charge in [-0.2, -0.15) is 0 Å². The predicted octanol–water partition coefficient (Wildman–Crippen LogP) is 2.59. The Balaban J connectivity index is 2.21. The molecular weight excluding hydrogens is 216 g/mol. The van der Waals surface area contributed by atoms with Crippen LogP contribution in [0.5, 0.6) is 5.75 Å². The lowest BCUT2D eigenvalue weighted by molar-refractivity contribution is 0.0780. The van der Waals surface area contributed by atoms with Crippen LogP contribution in [0.3, 0.4) is 0 Å². The Morgan fingerprint density at radius 3 is 2.82 bits per heavy atom. The van der Waals surface area contributed by atoms with Crippen molar-refractivity contribution >= 4 is 11.4 Å². The minimum absolute atomic E-state index is 0.120. The summed E-state index contributed by atoms with van der Waals surface area (Å²) in [4.78, 5) is 5.60. The molecule has 1 aromatic rings. The van der Waals surface area contributed by atoms with E-state index in [2.05, 4.69) is 0 Å². The number of nitrogens with two attached hydrogens (primary N) is 1. The molecule has 0 aromatic heterocycles. The van der Waals surface area contributed by atoms with E-state index in [9.17, 15) is 0 Å². The molecule has 4 nitrogen and oxygen atoms in total. The molecule has 1 aromatic carbocycles. The fraction of sp³-hybridized carbons (Fsp3) is 0.538. The van der Waals surface area contributed by atoms with E-state index in [1.807, 2.05) is 37.1 Å². The van der Waals surface area contributed by atoms with Crippen molar-refractivity contribution < 1.29 is 9.57 Å². The van der Waals surface area contributed by atoms with Crippen LogP contribution in [-0.4, -0.2) is 19.3 Å². The first-order chi connectivity index (χ1) is 8.18. The number of anilines is 2. The van der Waals surface area contributed by atoms with Crippen LogP contribution in [0.15, 0.2) is 18.2 Å². The summed E-state index contributed by atoms with van der Waals surface area (Å²) in [5.41, 5.74) is 7.68. The van der Waals surface area contributed by atoms with E-state index in [1.54, 1.807) is 0 Å². The van der Waals surface area contributed by atoms with Crippen LogP contribution in [0.2, 0.25) is 0 Å². The number of para-hydroxylation sites is 1. The average Bonchev–Trinajstić information content (AvgIpc) is 2.32. The van der Waals surface area contributed by atoms with Gasteiger partial charge in [0.15, 0.2) is 0 Å². The first kappa shape index (κ1) is 12.0. The second-order valence-electron chi connectivity index (χ2n) is 4.50. The van der Waals surface area contributed by atoms with E-state index < -0.39 is 0 Å². The third kappa shape index (κ3) is 2.82. The van der Waals surface area contributed by atoms with Crippen LogP contribution in [0, 0.1) is 0 Å². The summed E-state index contributed by atoms with van der Waals surface area (Å²) in [7, 11) is 0. The van der Waals surface area contributed by atoms with E-state index >= 15 is 0 Å². The van der Waals surface area contributed by atoms with Crippen LogP contribution in [0.4, 0.5) is 11.4 Å². The topological polar surface area (TPSA) is 47.7 Å². The summed E-state index contributed by atoms with van der Waals surface area (Å²) in [5.74, 6) is 0.728. The number of benzene rings is 1. The number of nitrogen functional groups attached to an aromatic ring is 1. The summed E-state index contributed by atoms with van der Waals surface area (Å²) in [6, 6.07) is 5.80. The fourth-order valence-electron chi connectivity index (χ4n) is 1.89. The molecule has 0 aliphatic carbocycles. The Kier molecular flexibility index (Phi) is 3.74. The van der Waals surface area contributed by atoms with Crippen LogP contribution in [0.25, 0.3) is 0 Å². The zero-order valence-corrected chi connectivity index (χ0v) is 10.5. The number of ether oxygens (including phenoxy) is 1. The monoisotopic (exact) mass is 236 g/mol. The zero-order valence-electron chi connectivity index (χ0n) is 10.5. The molecule has 17 heavy (non-hydrogen) atoms. The highest BCUT2D eigenvalue weighted by molar-refractivity contribution is 5.73. The van der Waals surface area contributed by atoms with Gasteiger partial charge in [-0.25, -0.2) is 0 Å². The van der Waals surface area contributed by atoms with E-state index in [-0.39, 0.29) is 6.10 Å². The van der Waals surface area contributed by atoms with Crippen molar-refractivity contribution in [2.45, 2.75) is 32.8 Å². The molecule has 0 unspecified atom stereocenters. The molecule has 4 heteroatoms. The molecule has 1 aliphatic heterocycles. The van der Waals surface area contributed by atoms with Crippen LogP contribution in [0.1, 0.15) is 26.7 Å². The van der Waals surface area contributed by atoms with Gasteiger partial charge in [-0.05, 0) is 38.8 Å². The van der Waals surface area contributed by atoms with Crippen LogP contribution < -0.4 is 15.5 Å². The number of nitrogens with zero attached hydrogens (tertiary/aromatic N) is 1. The van der Waals surface area contributed by atoms with Crippen molar-refractivity contribution in [3.05, 3.63) is 18.2 Å². The number of rotatable bonds is 3. The molecule has 1 saturated heterocycles. The summed E-state index contributed by atoms with van der Waals surface area (Å²) < 4.78 is 5.67. The van der Waals surface area contributed by atoms with Gasteiger partial charge in [0.2, 0.25) is 0 Å². The molecule has 94 valence electrons. The maximum atomic E-state index is 6.12. The molecular formula is C13H20N2O2. The summed E-state index contributed by atoms with van der Waals surface area (Å²) in [6.07, 6.45) is 2.36. The molecule has 2 N–H and O–H groups in total.